The number of rotatable bonds is 4. The van der Waals surface area contributed by atoms with E-state index in [1.54, 1.807) is 0 Å². The van der Waals surface area contributed by atoms with Gasteiger partial charge < -0.3 is 4.57 Å². The quantitative estimate of drug-likeness (QED) is 0.673. The van der Waals surface area contributed by atoms with Crippen molar-refractivity contribution in [2.75, 3.05) is 0 Å². The van der Waals surface area contributed by atoms with Crippen molar-refractivity contribution in [3.05, 3.63) is 66.0 Å². The molecule has 102 valence electrons. The molecular weight excluding hydrogens is 244 g/mol. The molecule has 0 aliphatic rings. The summed E-state index contributed by atoms with van der Waals surface area (Å²) in [6.07, 6.45) is 2.00. The third-order valence-electron chi connectivity index (χ3n) is 3.91. The van der Waals surface area contributed by atoms with Crippen molar-refractivity contribution in [2.24, 2.45) is 0 Å². The van der Waals surface area contributed by atoms with Crippen molar-refractivity contribution in [2.45, 2.75) is 32.7 Å². The molecule has 1 heterocycles. The Hall–Kier alpha value is -2.09. The van der Waals surface area contributed by atoms with Crippen LogP contribution >= 0.6 is 0 Å². The molecule has 0 fully saturated rings. The Labute approximate surface area is 120 Å². The van der Waals surface area contributed by atoms with E-state index in [9.17, 15) is 0 Å². The first-order valence-electron chi connectivity index (χ1n) is 7.29. The van der Waals surface area contributed by atoms with E-state index in [2.05, 4.69) is 73.0 Å². The van der Waals surface area contributed by atoms with Gasteiger partial charge in [0.05, 0.1) is 11.0 Å². The molecule has 3 aromatic rings. The number of imidazole rings is 1. The molecule has 0 aliphatic heterocycles. The molecule has 0 unspecified atom stereocenters. The lowest BCUT2D eigenvalue weighted by Crippen LogP contribution is -2.09. The van der Waals surface area contributed by atoms with Crippen molar-refractivity contribution < 1.29 is 0 Å². The lowest BCUT2D eigenvalue weighted by atomic mass is 10.1. The van der Waals surface area contributed by atoms with Gasteiger partial charge in [-0.15, -0.1) is 0 Å². The fraction of sp³-hybridized carbons (Fsp3) is 0.278. The van der Waals surface area contributed by atoms with E-state index in [1.807, 2.05) is 0 Å². The molecule has 2 nitrogen and oxygen atoms in total. The summed E-state index contributed by atoms with van der Waals surface area (Å²) in [5.41, 5.74) is 3.65. The van der Waals surface area contributed by atoms with Crippen LogP contribution in [0.15, 0.2) is 54.6 Å². The maximum absolute atomic E-state index is 4.84. The number of benzene rings is 2. The largest absolute Gasteiger partial charge is 0.325 e. The highest BCUT2D eigenvalue weighted by atomic mass is 15.1. The van der Waals surface area contributed by atoms with Crippen LogP contribution < -0.4 is 0 Å². The number of hydrogen-bond donors (Lipinski definition) is 0. The third kappa shape index (κ3) is 2.34. The van der Waals surface area contributed by atoms with Crippen molar-refractivity contribution in [1.29, 1.82) is 0 Å². The molecule has 0 N–H and O–H groups in total. The normalized spacial score (nSPS) is 12.7. The van der Waals surface area contributed by atoms with Gasteiger partial charge in [-0.1, -0.05) is 49.4 Å². The average Bonchev–Trinajstić information content (AvgIpc) is 2.85. The maximum Gasteiger partial charge on any atom is 0.114 e. The summed E-state index contributed by atoms with van der Waals surface area (Å²) in [6.45, 7) is 4.49. The topological polar surface area (TPSA) is 17.8 Å². The van der Waals surface area contributed by atoms with E-state index in [0.29, 0.717) is 6.04 Å². The SMILES string of the molecule is CC[C@H](C)n1c(Cc2ccccc2)nc2ccccc21. The lowest BCUT2D eigenvalue weighted by molar-refractivity contribution is 0.526. The zero-order chi connectivity index (χ0) is 13.9. The summed E-state index contributed by atoms with van der Waals surface area (Å²) in [4.78, 5) is 4.84. The maximum atomic E-state index is 4.84. The second-order valence-electron chi connectivity index (χ2n) is 5.31. The Morgan fingerprint density at radius 1 is 1.00 bits per heavy atom. The minimum absolute atomic E-state index is 0.473. The first-order valence-corrected chi connectivity index (χ1v) is 7.29. The minimum Gasteiger partial charge on any atom is -0.325 e. The van der Waals surface area contributed by atoms with Crippen LogP contribution in [0.3, 0.4) is 0 Å². The summed E-state index contributed by atoms with van der Waals surface area (Å²) in [7, 11) is 0. The Kier molecular flexibility index (Phi) is 3.55. The molecule has 20 heavy (non-hydrogen) atoms. The first kappa shape index (κ1) is 12.9. The summed E-state index contributed by atoms with van der Waals surface area (Å²) in [5, 5.41) is 0. The van der Waals surface area contributed by atoms with E-state index in [1.165, 1.54) is 11.1 Å². The van der Waals surface area contributed by atoms with Crippen LogP contribution in [0.4, 0.5) is 0 Å². The van der Waals surface area contributed by atoms with Crippen LogP contribution in [0.25, 0.3) is 11.0 Å². The fourth-order valence-corrected chi connectivity index (χ4v) is 2.67. The molecule has 0 radical (unpaired) electrons. The molecule has 1 aromatic heterocycles. The van der Waals surface area contributed by atoms with Gasteiger partial charge in [0.15, 0.2) is 0 Å². The van der Waals surface area contributed by atoms with Gasteiger partial charge in [-0.25, -0.2) is 4.98 Å². The third-order valence-corrected chi connectivity index (χ3v) is 3.91. The minimum atomic E-state index is 0.473. The number of hydrogen-bond acceptors (Lipinski definition) is 1. The summed E-state index contributed by atoms with van der Waals surface area (Å²) in [5.74, 6) is 1.16. The molecule has 0 bridgehead atoms. The van der Waals surface area contributed by atoms with E-state index >= 15 is 0 Å². The number of fused-ring (bicyclic) bond motifs is 1. The van der Waals surface area contributed by atoms with Gasteiger partial charge in [-0.3, -0.25) is 0 Å². The van der Waals surface area contributed by atoms with Gasteiger partial charge in [-0.05, 0) is 31.0 Å². The Morgan fingerprint density at radius 3 is 2.45 bits per heavy atom. The molecular formula is C18H20N2. The predicted molar refractivity (Wildman–Crippen MR) is 84.0 cm³/mol. The summed E-state index contributed by atoms with van der Waals surface area (Å²) in [6, 6.07) is 19.5. The fourth-order valence-electron chi connectivity index (χ4n) is 2.67. The Morgan fingerprint density at radius 2 is 1.70 bits per heavy atom. The monoisotopic (exact) mass is 264 g/mol. The van der Waals surface area contributed by atoms with Gasteiger partial charge in [0.25, 0.3) is 0 Å². The second kappa shape index (κ2) is 5.49. The molecule has 2 aromatic carbocycles. The highest BCUT2D eigenvalue weighted by Gasteiger charge is 2.14. The van der Waals surface area contributed by atoms with Gasteiger partial charge in [0.2, 0.25) is 0 Å². The van der Waals surface area contributed by atoms with Crippen molar-refractivity contribution in [1.82, 2.24) is 9.55 Å². The van der Waals surface area contributed by atoms with Crippen LogP contribution in [0.5, 0.6) is 0 Å². The van der Waals surface area contributed by atoms with E-state index in [4.69, 9.17) is 4.98 Å². The smallest absolute Gasteiger partial charge is 0.114 e. The molecule has 0 saturated heterocycles. The Balaban J connectivity index is 2.09. The van der Waals surface area contributed by atoms with E-state index < -0.39 is 0 Å². The van der Waals surface area contributed by atoms with Gasteiger partial charge >= 0.3 is 0 Å². The lowest BCUT2D eigenvalue weighted by Gasteiger charge is -2.16. The zero-order valence-corrected chi connectivity index (χ0v) is 12.1. The molecule has 2 heteroatoms. The van der Waals surface area contributed by atoms with Gasteiger partial charge in [0, 0.05) is 12.5 Å². The predicted octanol–water partition coefficient (Wildman–Crippen LogP) is 4.60. The number of para-hydroxylation sites is 2. The highest BCUT2D eigenvalue weighted by molar-refractivity contribution is 5.76. The molecule has 1 atom stereocenters. The highest BCUT2D eigenvalue weighted by Crippen LogP contribution is 2.24. The van der Waals surface area contributed by atoms with Crippen LogP contribution in [0.1, 0.15) is 37.7 Å². The van der Waals surface area contributed by atoms with Gasteiger partial charge in [0.1, 0.15) is 5.82 Å². The number of nitrogens with zero attached hydrogens (tertiary/aromatic N) is 2. The molecule has 3 rings (SSSR count). The Bertz CT molecular complexity index is 698. The van der Waals surface area contributed by atoms with Crippen LogP contribution in [-0.4, -0.2) is 9.55 Å². The second-order valence-corrected chi connectivity index (χ2v) is 5.31. The van der Waals surface area contributed by atoms with Gasteiger partial charge in [-0.2, -0.15) is 0 Å². The first-order chi connectivity index (χ1) is 9.79. The number of aromatic nitrogens is 2. The molecule has 0 aliphatic carbocycles. The van der Waals surface area contributed by atoms with Crippen LogP contribution in [0.2, 0.25) is 0 Å². The van der Waals surface area contributed by atoms with E-state index in [-0.39, 0.29) is 0 Å². The van der Waals surface area contributed by atoms with Crippen LogP contribution in [-0.2, 0) is 6.42 Å². The summed E-state index contributed by atoms with van der Waals surface area (Å²) >= 11 is 0. The van der Waals surface area contributed by atoms with Crippen LogP contribution in [0, 0.1) is 0 Å². The molecule has 0 spiro atoms. The standard InChI is InChI=1S/C18H20N2/c1-3-14(2)20-17-12-8-7-11-16(17)19-18(20)13-15-9-5-4-6-10-15/h4-12,14H,3,13H2,1-2H3/t14-/m0/s1. The van der Waals surface area contributed by atoms with E-state index in [0.717, 1.165) is 24.2 Å². The molecule has 0 saturated carbocycles. The van der Waals surface area contributed by atoms with Crippen molar-refractivity contribution in [3.8, 4) is 0 Å². The average molecular weight is 264 g/mol. The summed E-state index contributed by atoms with van der Waals surface area (Å²) < 4.78 is 2.39. The van der Waals surface area contributed by atoms with Crippen molar-refractivity contribution >= 4 is 11.0 Å². The van der Waals surface area contributed by atoms with Crippen molar-refractivity contribution in [3.63, 3.8) is 0 Å². The molecule has 0 amide bonds. The zero-order valence-electron chi connectivity index (χ0n) is 12.1.